The van der Waals surface area contributed by atoms with E-state index in [0.29, 0.717) is 6.54 Å². The standard InChI is InChI=1S/C10H21N3O/c1-12(2)7-8-13-6-4-3-5-11-9-10(13)14/h11H,3-9H2,1-2H3. The van der Waals surface area contributed by atoms with Gasteiger partial charge >= 0.3 is 0 Å². The van der Waals surface area contributed by atoms with E-state index in [1.54, 1.807) is 0 Å². The number of rotatable bonds is 3. The number of hydrogen-bond acceptors (Lipinski definition) is 3. The number of nitrogens with one attached hydrogen (secondary N) is 1. The van der Waals surface area contributed by atoms with Crippen molar-refractivity contribution in [1.82, 2.24) is 15.1 Å². The zero-order valence-electron chi connectivity index (χ0n) is 9.25. The minimum Gasteiger partial charge on any atom is -0.340 e. The first-order valence-corrected chi connectivity index (χ1v) is 5.33. The van der Waals surface area contributed by atoms with Crippen LogP contribution in [0.4, 0.5) is 0 Å². The summed E-state index contributed by atoms with van der Waals surface area (Å²) in [5.41, 5.74) is 0. The van der Waals surface area contributed by atoms with Gasteiger partial charge in [-0.25, -0.2) is 0 Å². The summed E-state index contributed by atoms with van der Waals surface area (Å²) in [5.74, 6) is 0.242. The molecule has 0 atom stereocenters. The van der Waals surface area contributed by atoms with E-state index in [1.807, 2.05) is 19.0 Å². The molecule has 1 amide bonds. The van der Waals surface area contributed by atoms with Gasteiger partial charge in [-0.3, -0.25) is 4.79 Å². The van der Waals surface area contributed by atoms with Crippen LogP contribution in [-0.4, -0.2) is 62.5 Å². The first kappa shape index (κ1) is 11.5. The second-order valence-corrected chi connectivity index (χ2v) is 4.07. The van der Waals surface area contributed by atoms with Crippen LogP contribution < -0.4 is 5.32 Å². The van der Waals surface area contributed by atoms with E-state index in [0.717, 1.165) is 32.6 Å². The molecule has 0 unspecified atom stereocenters. The number of carbonyl (C=O) groups is 1. The Morgan fingerprint density at radius 3 is 2.93 bits per heavy atom. The molecule has 0 radical (unpaired) electrons. The van der Waals surface area contributed by atoms with E-state index in [9.17, 15) is 4.79 Å². The molecule has 1 aliphatic heterocycles. The van der Waals surface area contributed by atoms with Crippen molar-refractivity contribution >= 4 is 5.91 Å². The zero-order valence-corrected chi connectivity index (χ0v) is 9.25. The molecular weight excluding hydrogens is 178 g/mol. The van der Waals surface area contributed by atoms with Crippen LogP contribution in [0.1, 0.15) is 12.8 Å². The van der Waals surface area contributed by atoms with Crippen LogP contribution in [0.3, 0.4) is 0 Å². The Kier molecular flexibility index (Phi) is 4.90. The second kappa shape index (κ2) is 5.98. The monoisotopic (exact) mass is 199 g/mol. The second-order valence-electron chi connectivity index (χ2n) is 4.07. The molecule has 0 aromatic heterocycles. The van der Waals surface area contributed by atoms with Gasteiger partial charge in [-0.05, 0) is 33.5 Å². The van der Waals surface area contributed by atoms with Gasteiger partial charge in [-0.1, -0.05) is 0 Å². The lowest BCUT2D eigenvalue weighted by atomic mass is 10.2. The van der Waals surface area contributed by atoms with Crippen molar-refractivity contribution in [3.8, 4) is 0 Å². The van der Waals surface area contributed by atoms with E-state index in [2.05, 4.69) is 10.2 Å². The predicted octanol–water partition coefficient (Wildman–Crippen LogP) is -0.240. The fraction of sp³-hybridized carbons (Fsp3) is 0.900. The molecule has 1 aliphatic rings. The highest BCUT2D eigenvalue weighted by Gasteiger charge is 2.14. The first-order valence-electron chi connectivity index (χ1n) is 5.33. The predicted molar refractivity (Wildman–Crippen MR) is 57.2 cm³/mol. The normalized spacial score (nSPS) is 19.6. The largest absolute Gasteiger partial charge is 0.340 e. The van der Waals surface area contributed by atoms with E-state index in [-0.39, 0.29) is 5.91 Å². The molecule has 14 heavy (non-hydrogen) atoms. The van der Waals surface area contributed by atoms with Crippen LogP contribution in [0, 0.1) is 0 Å². The van der Waals surface area contributed by atoms with Gasteiger partial charge in [0.2, 0.25) is 5.91 Å². The van der Waals surface area contributed by atoms with Crippen molar-refractivity contribution < 1.29 is 4.79 Å². The number of carbonyl (C=O) groups excluding carboxylic acids is 1. The van der Waals surface area contributed by atoms with E-state index < -0.39 is 0 Å². The maximum Gasteiger partial charge on any atom is 0.236 e. The summed E-state index contributed by atoms with van der Waals surface area (Å²) in [6.07, 6.45) is 2.29. The molecule has 0 saturated carbocycles. The Bertz CT molecular complexity index is 182. The lowest BCUT2D eigenvalue weighted by Crippen LogP contribution is -2.43. The van der Waals surface area contributed by atoms with Crippen LogP contribution >= 0.6 is 0 Å². The summed E-state index contributed by atoms with van der Waals surface area (Å²) in [6.45, 7) is 4.22. The number of amides is 1. The maximum absolute atomic E-state index is 11.6. The number of hydrogen-bond donors (Lipinski definition) is 1. The fourth-order valence-electron chi connectivity index (χ4n) is 1.54. The third kappa shape index (κ3) is 4.07. The Morgan fingerprint density at radius 2 is 2.21 bits per heavy atom. The molecule has 4 nitrogen and oxygen atoms in total. The van der Waals surface area contributed by atoms with Gasteiger partial charge in [0, 0.05) is 19.6 Å². The van der Waals surface area contributed by atoms with Crippen LogP contribution in [0.5, 0.6) is 0 Å². The highest BCUT2D eigenvalue weighted by atomic mass is 16.2. The summed E-state index contributed by atoms with van der Waals surface area (Å²) >= 11 is 0. The SMILES string of the molecule is CN(C)CCN1CCCCNCC1=O. The Balaban J connectivity index is 2.33. The average molecular weight is 199 g/mol. The lowest BCUT2D eigenvalue weighted by molar-refractivity contribution is -0.130. The summed E-state index contributed by atoms with van der Waals surface area (Å²) in [7, 11) is 4.07. The summed E-state index contributed by atoms with van der Waals surface area (Å²) in [5, 5.41) is 3.15. The summed E-state index contributed by atoms with van der Waals surface area (Å²) in [6, 6.07) is 0. The van der Waals surface area contributed by atoms with Crippen molar-refractivity contribution in [3.05, 3.63) is 0 Å². The molecule has 4 heteroatoms. The number of nitrogens with zero attached hydrogens (tertiary/aromatic N) is 2. The van der Waals surface area contributed by atoms with Crippen LogP contribution in [-0.2, 0) is 4.79 Å². The molecule has 1 N–H and O–H groups in total. The van der Waals surface area contributed by atoms with Crippen LogP contribution in [0.25, 0.3) is 0 Å². The molecule has 0 aromatic rings. The molecular formula is C10H21N3O. The molecule has 0 spiro atoms. The Morgan fingerprint density at radius 1 is 1.43 bits per heavy atom. The van der Waals surface area contributed by atoms with Crippen LogP contribution in [0.15, 0.2) is 0 Å². The van der Waals surface area contributed by atoms with Gasteiger partial charge in [-0.15, -0.1) is 0 Å². The van der Waals surface area contributed by atoms with Gasteiger partial charge in [0.25, 0.3) is 0 Å². The molecule has 1 rings (SSSR count). The first-order chi connectivity index (χ1) is 6.70. The van der Waals surface area contributed by atoms with E-state index in [1.165, 1.54) is 6.42 Å². The zero-order chi connectivity index (χ0) is 10.4. The summed E-state index contributed by atoms with van der Waals surface area (Å²) in [4.78, 5) is 15.7. The highest BCUT2D eigenvalue weighted by molar-refractivity contribution is 5.78. The van der Waals surface area contributed by atoms with Gasteiger partial charge in [0.1, 0.15) is 0 Å². The van der Waals surface area contributed by atoms with Gasteiger partial charge < -0.3 is 15.1 Å². The quantitative estimate of drug-likeness (QED) is 0.681. The minimum atomic E-state index is 0.242. The van der Waals surface area contributed by atoms with Crippen molar-refractivity contribution in [1.29, 1.82) is 0 Å². The van der Waals surface area contributed by atoms with Crippen molar-refractivity contribution in [2.75, 3.05) is 46.8 Å². The lowest BCUT2D eigenvalue weighted by Gasteiger charge is -2.26. The average Bonchev–Trinajstić information content (AvgIpc) is 2.10. The Hall–Kier alpha value is -0.610. The third-order valence-corrected chi connectivity index (χ3v) is 2.48. The molecule has 1 fully saturated rings. The van der Waals surface area contributed by atoms with Crippen LogP contribution in [0.2, 0.25) is 0 Å². The molecule has 1 saturated heterocycles. The maximum atomic E-state index is 11.6. The van der Waals surface area contributed by atoms with E-state index in [4.69, 9.17) is 0 Å². The van der Waals surface area contributed by atoms with Gasteiger partial charge in [-0.2, -0.15) is 0 Å². The van der Waals surface area contributed by atoms with E-state index >= 15 is 0 Å². The smallest absolute Gasteiger partial charge is 0.236 e. The van der Waals surface area contributed by atoms with Crippen molar-refractivity contribution in [2.24, 2.45) is 0 Å². The molecule has 0 aliphatic carbocycles. The molecule has 0 bridgehead atoms. The Labute approximate surface area is 86.2 Å². The molecule has 1 heterocycles. The molecule has 82 valence electrons. The van der Waals surface area contributed by atoms with Crippen molar-refractivity contribution in [3.63, 3.8) is 0 Å². The highest BCUT2D eigenvalue weighted by Crippen LogP contribution is 1.99. The number of likely N-dealkylation sites (N-methyl/N-ethyl adjacent to an activating group) is 1. The van der Waals surface area contributed by atoms with Gasteiger partial charge in [0.15, 0.2) is 0 Å². The molecule has 0 aromatic carbocycles. The van der Waals surface area contributed by atoms with Gasteiger partial charge in [0.05, 0.1) is 6.54 Å². The summed E-state index contributed by atoms with van der Waals surface area (Å²) < 4.78 is 0. The topological polar surface area (TPSA) is 35.6 Å². The van der Waals surface area contributed by atoms with Crippen molar-refractivity contribution in [2.45, 2.75) is 12.8 Å². The fourth-order valence-corrected chi connectivity index (χ4v) is 1.54. The minimum absolute atomic E-state index is 0.242. The third-order valence-electron chi connectivity index (χ3n) is 2.48.